The van der Waals surface area contributed by atoms with Gasteiger partial charge in [0, 0.05) is 25.9 Å². The zero-order chi connectivity index (χ0) is 36.8. The van der Waals surface area contributed by atoms with E-state index in [-0.39, 0.29) is 83.9 Å². The van der Waals surface area contributed by atoms with E-state index >= 15 is 0 Å². The molecule has 0 spiro atoms. The molecule has 12 heteroatoms. The third-order valence-electron chi connectivity index (χ3n) is 12.1. The first-order valence-corrected chi connectivity index (χ1v) is 19.8. The van der Waals surface area contributed by atoms with E-state index in [1.807, 2.05) is 0 Å². The Kier molecular flexibility index (Phi) is 13.0. The number of imide groups is 2. The van der Waals surface area contributed by atoms with Crippen LogP contribution in [-0.2, 0) is 47.7 Å². The second-order valence-electron chi connectivity index (χ2n) is 15.5. The van der Waals surface area contributed by atoms with Gasteiger partial charge in [-0.05, 0) is 102 Å². The summed E-state index contributed by atoms with van der Waals surface area (Å²) in [6.07, 6.45) is 16.6. The van der Waals surface area contributed by atoms with Crippen molar-refractivity contribution in [1.82, 2.24) is 9.80 Å². The van der Waals surface area contributed by atoms with E-state index in [1.165, 1.54) is 9.80 Å². The second-order valence-corrected chi connectivity index (χ2v) is 15.5. The highest BCUT2D eigenvalue weighted by Crippen LogP contribution is 2.50. The van der Waals surface area contributed by atoms with Gasteiger partial charge >= 0.3 is 11.9 Å². The van der Waals surface area contributed by atoms with Crippen LogP contribution in [-0.4, -0.2) is 84.3 Å². The molecule has 0 bridgehead atoms. The number of carbonyl (C=O) groups excluding carboxylic acids is 6. The Bertz CT molecular complexity index is 1310. The summed E-state index contributed by atoms with van der Waals surface area (Å²) >= 11 is 0. The molecule has 0 aromatic carbocycles. The molecular formula is C40H56N2O10. The van der Waals surface area contributed by atoms with Gasteiger partial charge in [0.2, 0.25) is 23.6 Å². The van der Waals surface area contributed by atoms with Crippen LogP contribution in [0.2, 0.25) is 0 Å². The maximum absolute atomic E-state index is 12.9. The van der Waals surface area contributed by atoms with Gasteiger partial charge in [0.1, 0.15) is 0 Å². The number of likely N-dealkylation sites (tertiary alicyclic amines) is 2. The highest BCUT2D eigenvalue weighted by atomic mass is 16.7. The summed E-state index contributed by atoms with van der Waals surface area (Å²) in [5, 5.41) is 0. The van der Waals surface area contributed by atoms with E-state index in [4.69, 9.17) is 18.9 Å². The molecule has 10 atom stereocenters. The molecule has 4 fully saturated rings. The fourth-order valence-corrected chi connectivity index (χ4v) is 9.12. The van der Waals surface area contributed by atoms with Gasteiger partial charge in [-0.25, -0.2) is 0 Å². The van der Waals surface area contributed by atoms with Crippen LogP contribution in [0.1, 0.15) is 104 Å². The molecule has 6 rings (SSSR count). The van der Waals surface area contributed by atoms with Crippen molar-refractivity contribution in [3.8, 4) is 0 Å². The lowest BCUT2D eigenvalue weighted by molar-refractivity contribution is -0.178. The number of nitrogens with zero attached hydrogens (tertiary/aromatic N) is 2. The van der Waals surface area contributed by atoms with Gasteiger partial charge in [-0.2, -0.15) is 0 Å². The number of ether oxygens (including phenoxy) is 4. The van der Waals surface area contributed by atoms with Crippen molar-refractivity contribution < 1.29 is 47.7 Å². The molecule has 0 aromatic rings. The highest BCUT2D eigenvalue weighted by molar-refractivity contribution is 6.06. The predicted octanol–water partition coefficient (Wildman–Crippen LogP) is 5.09. The third kappa shape index (κ3) is 8.70. The lowest BCUT2D eigenvalue weighted by Gasteiger charge is -2.39. The zero-order valence-corrected chi connectivity index (χ0v) is 30.8. The zero-order valence-electron chi connectivity index (χ0n) is 30.8. The Morgan fingerprint density at radius 2 is 1.00 bits per heavy atom. The minimum Gasteiger partial charge on any atom is -0.436 e. The molecule has 0 N–H and O–H groups in total. The quantitative estimate of drug-likeness (QED) is 0.0516. The molecule has 286 valence electrons. The van der Waals surface area contributed by atoms with Crippen LogP contribution in [0.25, 0.3) is 0 Å². The molecule has 10 unspecified atom stereocenters. The maximum atomic E-state index is 12.9. The second kappa shape index (κ2) is 17.6. The van der Waals surface area contributed by atoms with Gasteiger partial charge in [0.05, 0.1) is 36.9 Å². The first-order chi connectivity index (χ1) is 25.1. The van der Waals surface area contributed by atoms with Crippen molar-refractivity contribution >= 4 is 35.6 Å². The van der Waals surface area contributed by atoms with Crippen LogP contribution in [0.5, 0.6) is 0 Å². The van der Waals surface area contributed by atoms with E-state index in [0.717, 1.165) is 38.5 Å². The highest BCUT2D eigenvalue weighted by Gasteiger charge is 2.56. The van der Waals surface area contributed by atoms with Gasteiger partial charge in [-0.3, -0.25) is 38.6 Å². The van der Waals surface area contributed by atoms with Crippen molar-refractivity contribution in [2.24, 2.45) is 47.3 Å². The topological polar surface area (TPSA) is 146 Å². The normalized spacial score (nSPS) is 31.0. The molecule has 2 heterocycles. The van der Waals surface area contributed by atoms with Gasteiger partial charge in [0.25, 0.3) is 0 Å². The van der Waals surface area contributed by atoms with E-state index in [9.17, 15) is 28.8 Å². The Hall–Kier alpha value is -3.38. The first kappa shape index (κ1) is 38.3. The summed E-state index contributed by atoms with van der Waals surface area (Å²) in [5.41, 5.74) is 0. The van der Waals surface area contributed by atoms with E-state index in [0.29, 0.717) is 76.7 Å². The average molecular weight is 725 g/mol. The minimum absolute atomic E-state index is 0.0159. The fraction of sp³-hybridized carbons (Fsp3) is 0.750. The number of allylic oxidation sites excluding steroid dienone is 4. The Morgan fingerprint density at radius 3 is 1.38 bits per heavy atom. The van der Waals surface area contributed by atoms with Gasteiger partial charge < -0.3 is 18.9 Å². The van der Waals surface area contributed by atoms with Crippen molar-refractivity contribution in [2.75, 3.05) is 26.3 Å². The Labute approximate surface area is 307 Å². The molecule has 12 nitrogen and oxygen atoms in total. The van der Waals surface area contributed by atoms with Gasteiger partial charge in [0.15, 0.2) is 12.6 Å². The minimum atomic E-state index is -0.672. The number of hydrogen-bond acceptors (Lipinski definition) is 10. The lowest BCUT2D eigenvalue weighted by Crippen LogP contribution is -2.39. The average Bonchev–Trinajstić information content (AvgIpc) is 3.45. The van der Waals surface area contributed by atoms with Crippen LogP contribution >= 0.6 is 0 Å². The fourth-order valence-electron chi connectivity index (χ4n) is 9.12. The van der Waals surface area contributed by atoms with Crippen molar-refractivity contribution in [1.29, 1.82) is 0 Å². The molecule has 4 aliphatic carbocycles. The molecule has 0 radical (unpaired) electrons. The molecule has 2 saturated heterocycles. The largest absolute Gasteiger partial charge is 0.436 e. The smallest absolute Gasteiger partial charge is 0.308 e. The summed E-state index contributed by atoms with van der Waals surface area (Å²) < 4.78 is 21.9. The number of rotatable bonds is 21. The SMILES string of the molecule is CC(OCCCCOC(C)OC(=O)CCCCCN1C(=O)C2CCC3C=CC3C2C1=O)OC(=O)CCCCCN1C(=O)C2CCC3C=CC3C2C1=O. The predicted molar refractivity (Wildman–Crippen MR) is 187 cm³/mol. The molecule has 2 saturated carbocycles. The summed E-state index contributed by atoms with van der Waals surface area (Å²) in [5.74, 6) is -0.0195. The number of amides is 4. The summed E-state index contributed by atoms with van der Waals surface area (Å²) in [6.45, 7) is 4.97. The van der Waals surface area contributed by atoms with Gasteiger partial charge in [-0.1, -0.05) is 37.1 Å². The molecule has 6 aliphatic rings. The maximum Gasteiger partial charge on any atom is 0.308 e. The van der Waals surface area contributed by atoms with Crippen molar-refractivity contribution in [3.63, 3.8) is 0 Å². The van der Waals surface area contributed by atoms with E-state index in [2.05, 4.69) is 24.3 Å². The number of esters is 2. The Balaban J connectivity index is 0.723. The molecular weight excluding hydrogens is 668 g/mol. The van der Waals surface area contributed by atoms with Crippen LogP contribution in [0.15, 0.2) is 24.3 Å². The summed E-state index contributed by atoms with van der Waals surface area (Å²) in [6, 6.07) is 0. The van der Waals surface area contributed by atoms with Crippen LogP contribution < -0.4 is 0 Å². The Morgan fingerprint density at radius 1 is 0.577 bits per heavy atom. The van der Waals surface area contributed by atoms with Crippen molar-refractivity contribution in [2.45, 2.75) is 116 Å². The van der Waals surface area contributed by atoms with E-state index < -0.39 is 12.6 Å². The standard InChI is InChI=1S/C40H56N2O10/c1-25(51-33(43)11-5-3-7-21-41-37(45)31-19-15-27-13-17-29(27)35(31)39(41)47)49-23-9-10-24-50-26(2)52-34(44)12-6-4-8-22-42-38(46)32-20-16-28-14-18-30(28)36(32)40(42)48/h13-14,17-18,25-32,35-36H,3-12,15-16,19-24H2,1-2H3. The van der Waals surface area contributed by atoms with Crippen LogP contribution in [0.4, 0.5) is 0 Å². The molecule has 2 aliphatic heterocycles. The lowest BCUT2D eigenvalue weighted by atomic mass is 9.62. The molecule has 52 heavy (non-hydrogen) atoms. The summed E-state index contributed by atoms with van der Waals surface area (Å²) in [4.78, 5) is 78.9. The van der Waals surface area contributed by atoms with Gasteiger partial charge in [-0.15, -0.1) is 0 Å². The number of unbranched alkanes of at least 4 members (excludes halogenated alkanes) is 5. The van der Waals surface area contributed by atoms with Crippen LogP contribution in [0.3, 0.4) is 0 Å². The number of hydrogen-bond donors (Lipinski definition) is 0. The van der Waals surface area contributed by atoms with E-state index in [1.54, 1.807) is 13.8 Å². The third-order valence-corrected chi connectivity index (χ3v) is 12.1. The molecule has 4 amide bonds. The van der Waals surface area contributed by atoms with Crippen molar-refractivity contribution in [3.05, 3.63) is 24.3 Å². The first-order valence-electron chi connectivity index (χ1n) is 19.8. The summed E-state index contributed by atoms with van der Waals surface area (Å²) in [7, 11) is 0. The monoisotopic (exact) mass is 724 g/mol. The van der Waals surface area contributed by atoms with Crippen LogP contribution in [0, 0.1) is 47.3 Å². The molecule has 0 aromatic heterocycles. The number of fused-ring (bicyclic) bond motifs is 6. The number of carbonyl (C=O) groups is 6.